The van der Waals surface area contributed by atoms with Gasteiger partial charge >= 0.3 is 0 Å². The lowest BCUT2D eigenvalue weighted by Gasteiger charge is -2.15. The van der Waals surface area contributed by atoms with Gasteiger partial charge in [0.2, 0.25) is 0 Å². The third-order valence-electron chi connectivity index (χ3n) is 2.94. The normalized spacial score (nSPS) is 12.3. The number of benzene rings is 1. The molecular weight excluding hydrogens is 331 g/mol. The van der Waals surface area contributed by atoms with Crippen LogP contribution in [0.5, 0.6) is 11.5 Å². The zero-order chi connectivity index (χ0) is 14.0. The molecule has 5 heteroatoms. The third-order valence-corrected chi connectivity index (χ3v) is 4.81. The van der Waals surface area contributed by atoms with Crippen molar-refractivity contribution in [3.63, 3.8) is 0 Å². The number of ether oxygens (including phenoxy) is 2. The Kier molecular flexibility index (Phi) is 4.47. The summed E-state index contributed by atoms with van der Waals surface area (Å²) in [5, 5.41) is 4.06. The van der Waals surface area contributed by atoms with Crippen molar-refractivity contribution in [2.24, 2.45) is 0 Å². The number of hydrogen-bond donors (Lipinski definition) is 0. The first-order valence-electron chi connectivity index (χ1n) is 5.66. The van der Waals surface area contributed by atoms with Crippen LogP contribution >= 0.6 is 27.3 Å². The molecule has 1 aromatic carbocycles. The second-order valence-electron chi connectivity index (χ2n) is 4.10. The summed E-state index contributed by atoms with van der Waals surface area (Å²) in [5.41, 5.74) is 2.75. The van der Waals surface area contributed by atoms with Crippen molar-refractivity contribution < 1.29 is 13.9 Å². The average molecular weight is 345 g/mol. The smallest absolute Gasteiger partial charge is 0.163 e. The molecule has 102 valence electrons. The number of hydrogen-bond acceptors (Lipinski definition) is 3. The van der Waals surface area contributed by atoms with Gasteiger partial charge < -0.3 is 9.47 Å². The number of rotatable bonds is 4. The Morgan fingerprint density at radius 3 is 2.26 bits per heavy atom. The van der Waals surface area contributed by atoms with Gasteiger partial charge in [0.25, 0.3) is 0 Å². The van der Waals surface area contributed by atoms with Crippen LogP contribution in [0, 0.1) is 12.7 Å². The van der Waals surface area contributed by atoms with Gasteiger partial charge in [-0.25, -0.2) is 4.39 Å². The zero-order valence-corrected chi connectivity index (χ0v) is 13.3. The van der Waals surface area contributed by atoms with E-state index in [2.05, 4.69) is 15.9 Å². The summed E-state index contributed by atoms with van der Waals surface area (Å²) in [6.07, 6.45) is 0. The van der Waals surface area contributed by atoms with E-state index in [1.54, 1.807) is 24.5 Å². The molecular formula is C14H14BrFO2S. The molecule has 0 aliphatic heterocycles. The van der Waals surface area contributed by atoms with E-state index in [0.29, 0.717) is 17.1 Å². The molecule has 0 saturated carbocycles. The minimum Gasteiger partial charge on any atom is -0.493 e. The van der Waals surface area contributed by atoms with Crippen LogP contribution in [0.15, 0.2) is 22.9 Å². The van der Waals surface area contributed by atoms with Crippen molar-refractivity contribution in [2.75, 3.05) is 14.2 Å². The maximum Gasteiger partial charge on any atom is 0.163 e. The van der Waals surface area contributed by atoms with E-state index in [1.165, 1.54) is 13.2 Å². The topological polar surface area (TPSA) is 18.5 Å². The number of halogens is 2. The highest BCUT2D eigenvalue weighted by atomic mass is 79.9. The molecule has 0 N–H and O–H groups in total. The lowest BCUT2D eigenvalue weighted by molar-refractivity contribution is 0.351. The Hall–Kier alpha value is -1.07. The molecule has 1 unspecified atom stereocenters. The molecule has 19 heavy (non-hydrogen) atoms. The summed E-state index contributed by atoms with van der Waals surface area (Å²) in [5.74, 6) is 0.604. The fourth-order valence-corrected chi connectivity index (χ4v) is 3.76. The van der Waals surface area contributed by atoms with E-state index < -0.39 is 0 Å². The summed E-state index contributed by atoms with van der Waals surface area (Å²) in [6.45, 7) is 2.01. The van der Waals surface area contributed by atoms with Crippen LogP contribution in [-0.2, 0) is 0 Å². The van der Waals surface area contributed by atoms with E-state index in [1.807, 2.05) is 17.7 Å². The molecule has 2 aromatic rings. The third kappa shape index (κ3) is 2.77. The van der Waals surface area contributed by atoms with Gasteiger partial charge in [0, 0.05) is 11.6 Å². The van der Waals surface area contributed by atoms with Crippen LogP contribution in [0.25, 0.3) is 0 Å². The van der Waals surface area contributed by atoms with Gasteiger partial charge in [-0.2, -0.15) is 11.3 Å². The molecule has 2 nitrogen and oxygen atoms in total. The molecule has 0 spiro atoms. The van der Waals surface area contributed by atoms with Gasteiger partial charge in [0.1, 0.15) is 5.82 Å². The lowest BCUT2D eigenvalue weighted by Crippen LogP contribution is -2.00. The number of alkyl halides is 1. The predicted molar refractivity (Wildman–Crippen MR) is 79.3 cm³/mol. The van der Waals surface area contributed by atoms with Gasteiger partial charge in [0.05, 0.1) is 19.0 Å². The Balaban J connectivity index is 2.48. The van der Waals surface area contributed by atoms with Crippen molar-refractivity contribution in [3.8, 4) is 11.5 Å². The molecule has 0 radical (unpaired) electrons. The highest BCUT2D eigenvalue weighted by Gasteiger charge is 2.20. The number of thiophene rings is 1. The Labute approximate surface area is 124 Å². The van der Waals surface area contributed by atoms with Gasteiger partial charge in [-0.1, -0.05) is 15.9 Å². The molecule has 0 bridgehead atoms. The van der Waals surface area contributed by atoms with Crippen molar-refractivity contribution in [1.82, 2.24) is 0 Å². The average Bonchev–Trinajstić information content (AvgIpc) is 2.83. The fourth-order valence-electron chi connectivity index (χ4n) is 1.86. The molecule has 0 aliphatic carbocycles. The Bertz CT molecular complexity index is 583. The summed E-state index contributed by atoms with van der Waals surface area (Å²) in [7, 11) is 3.03. The SMILES string of the molecule is COc1cc(F)c(C(Br)c2cscc2C)cc1OC. The first-order valence-corrected chi connectivity index (χ1v) is 7.52. The van der Waals surface area contributed by atoms with Crippen molar-refractivity contribution in [3.05, 3.63) is 45.4 Å². The van der Waals surface area contributed by atoms with Crippen LogP contribution < -0.4 is 9.47 Å². The molecule has 0 amide bonds. The van der Waals surface area contributed by atoms with E-state index in [0.717, 1.165) is 11.1 Å². The van der Waals surface area contributed by atoms with Gasteiger partial charge in [-0.15, -0.1) is 0 Å². The first kappa shape index (κ1) is 14.3. The summed E-state index contributed by atoms with van der Waals surface area (Å²) < 4.78 is 24.5. The predicted octanol–water partition coefficient (Wildman–Crippen LogP) is 4.70. The van der Waals surface area contributed by atoms with E-state index >= 15 is 0 Å². The molecule has 1 aromatic heterocycles. The molecule has 0 saturated heterocycles. The fraction of sp³-hybridized carbons (Fsp3) is 0.286. The Morgan fingerprint density at radius 2 is 1.74 bits per heavy atom. The van der Waals surface area contributed by atoms with Gasteiger partial charge in [0.15, 0.2) is 11.5 Å². The number of methoxy groups -OCH3 is 2. The zero-order valence-electron chi connectivity index (χ0n) is 10.9. The minimum atomic E-state index is -0.315. The van der Waals surface area contributed by atoms with Crippen molar-refractivity contribution >= 4 is 27.3 Å². The minimum absolute atomic E-state index is 0.196. The van der Waals surface area contributed by atoms with E-state index in [9.17, 15) is 4.39 Å². The van der Waals surface area contributed by atoms with Crippen molar-refractivity contribution in [1.29, 1.82) is 0 Å². The maximum absolute atomic E-state index is 14.2. The quantitative estimate of drug-likeness (QED) is 0.748. The van der Waals surface area contributed by atoms with Crippen LogP contribution in [0.4, 0.5) is 4.39 Å². The number of aryl methyl sites for hydroxylation is 1. The van der Waals surface area contributed by atoms with Crippen molar-refractivity contribution in [2.45, 2.75) is 11.8 Å². The maximum atomic E-state index is 14.2. The molecule has 2 rings (SSSR count). The second-order valence-corrected chi connectivity index (χ2v) is 5.76. The largest absolute Gasteiger partial charge is 0.493 e. The molecule has 0 fully saturated rings. The molecule has 1 heterocycles. The van der Waals surface area contributed by atoms with Gasteiger partial charge in [-0.05, 0) is 34.9 Å². The summed E-state index contributed by atoms with van der Waals surface area (Å²) in [6, 6.07) is 3.02. The monoisotopic (exact) mass is 344 g/mol. The second kappa shape index (κ2) is 5.92. The molecule has 1 atom stereocenters. The van der Waals surface area contributed by atoms with Crippen LogP contribution in [0.3, 0.4) is 0 Å². The van der Waals surface area contributed by atoms with Gasteiger partial charge in [-0.3, -0.25) is 0 Å². The highest BCUT2D eigenvalue weighted by Crippen LogP contribution is 2.40. The van der Waals surface area contributed by atoms with E-state index in [4.69, 9.17) is 9.47 Å². The van der Waals surface area contributed by atoms with Crippen LogP contribution in [0.1, 0.15) is 21.5 Å². The highest BCUT2D eigenvalue weighted by molar-refractivity contribution is 9.09. The molecule has 0 aliphatic rings. The standard InChI is InChI=1S/C14H14BrFO2S/c1-8-6-19-7-10(8)14(15)9-4-12(17-2)13(18-3)5-11(9)16/h4-7,14H,1-3H3. The lowest BCUT2D eigenvalue weighted by atomic mass is 10.0. The summed E-state index contributed by atoms with van der Waals surface area (Å²) in [4.78, 5) is -0.196. The van der Waals surface area contributed by atoms with E-state index in [-0.39, 0.29) is 10.6 Å². The van der Waals surface area contributed by atoms with Crippen LogP contribution in [-0.4, -0.2) is 14.2 Å². The Morgan fingerprint density at radius 1 is 1.11 bits per heavy atom. The summed E-state index contributed by atoms with van der Waals surface area (Å²) >= 11 is 5.16. The van der Waals surface area contributed by atoms with Crippen LogP contribution in [0.2, 0.25) is 0 Å². The first-order chi connectivity index (χ1) is 9.08.